The molecule has 6 heterocycles. The minimum atomic E-state index is 0. The summed E-state index contributed by atoms with van der Waals surface area (Å²) in [7, 11) is 6.68. The molecule has 3 aliphatic heterocycles. The van der Waals surface area contributed by atoms with E-state index in [2.05, 4.69) is 53.5 Å². The standard InChI is InChI=1S/C48H35N5O4.Ni/c1-54-30-11-5-27(6-12-30)44-35-19-20-36(49-35)45(28-7-13-31(55-2)14-8-28)38-23-24-40(51-38)47-34-18-17-33(57-4)25-41(34)52-43-26-42(53-48(43)47)46(39-22-21-37(44)50-39)29-9-15-32(56-3)16-10-29;/h5-26,52H,1-4H3;/q-2;+2. The van der Waals surface area contributed by atoms with Crippen molar-refractivity contribution in [2.75, 3.05) is 28.4 Å². The van der Waals surface area contributed by atoms with Gasteiger partial charge in [0.2, 0.25) is 0 Å². The second-order valence-electron chi connectivity index (χ2n) is 13.8. The van der Waals surface area contributed by atoms with Crippen LogP contribution in [0.2, 0.25) is 0 Å². The molecular weight excluding hydrogens is 769 g/mol. The molecular formula is C48H35N5NiO4. The molecule has 3 aromatic heterocycles. The third kappa shape index (κ3) is 6.19. The van der Waals surface area contributed by atoms with E-state index in [0.717, 1.165) is 123 Å². The van der Waals surface area contributed by atoms with Gasteiger partial charge in [0.25, 0.3) is 0 Å². The molecule has 10 rings (SSSR count). The number of methoxy groups -OCH3 is 4. The number of aromatic amines is 1. The molecule has 0 saturated heterocycles. The largest absolute Gasteiger partial charge is 2.00 e. The van der Waals surface area contributed by atoms with E-state index < -0.39 is 0 Å². The molecule has 0 amide bonds. The van der Waals surface area contributed by atoms with Crippen molar-refractivity contribution in [1.82, 2.24) is 24.9 Å². The fourth-order valence-electron chi connectivity index (χ4n) is 7.81. The van der Waals surface area contributed by atoms with Crippen molar-refractivity contribution in [2.45, 2.75) is 0 Å². The van der Waals surface area contributed by atoms with E-state index in [1.54, 1.807) is 28.4 Å². The van der Waals surface area contributed by atoms with Crippen LogP contribution in [-0.2, 0) is 16.5 Å². The second kappa shape index (κ2) is 14.8. The van der Waals surface area contributed by atoms with Crippen LogP contribution >= 0.6 is 0 Å². The Morgan fingerprint density at radius 3 is 1.43 bits per heavy atom. The van der Waals surface area contributed by atoms with Crippen molar-refractivity contribution in [3.63, 3.8) is 0 Å². The first-order valence-corrected chi connectivity index (χ1v) is 18.5. The van der Waals surface area contributed by atoms with E-state index in [1.807, 2.05) is 84.9 Å². The van der Waals surface area contributed by atoms with Gasteiger partial charge in [0.15, 0.2) is 0 Å². The quantitative estimate of drug-likeness (QED) is 0.159. The average molecular weight is 805 g/mol. The predicted octanol–water partition coefficient (Wildman–Crippen LogP) is 10.6. The molecule has 286 valence electrons. The second-order valence-corrected chi connectivity index (χ2v) is 13.8. The van der Waals surface area contributed by atoms with Gasteiger partial charge in [-0.1, -0.05) is 60.7 Å². The Hall–Kier alpha value is -7.03. The van der Waals surface area contributed by atoms with Gasteiger partial charge in [-0.3, -0.25) is 0 Å². The van der Waals surface area contributed by atoms with E-state index in [9.17, 15) is 0 Å². The summed E-state index contributed by atoms with van der Waals surface area (Å²) < 4.78 is 22.3. The van der Waals surface area contributed by atoms with Crippen LogP contribution in [0.5, 0.6) is 23.0 Å². The van der Waals surface area contributed by atoms with Crippen molar-refractivity contribution < 1.29 is 35.4 Å². The molecule has 9 nitrogen and oxygen atoms in total. The van der Waals surface area contributed by atoms with Crippen molar-refractivity contribution in [3.8, 4) is 67.8 Å². The fraction of sp³-hybridized carbons (Fsp3) is 0.0833. The molecule has 8 bridgehead atoms. The van der Waals surface area contributed by atoms with Gasteiger partial charge in [0.1, 0.15) is 23.0 Å². The first kappa shape index (κ1) is 36.6. The van der Waals surface area contributed by atoms with Gasteiger partial charge in [0.05, 0.1) is 62.2 Å². The monoisotopic (exact) mass is 803 g/mol. The zero-order chi connectivity index (χ0) is 38.6. The minimum Gasteiger partial charge on any atom is -0.657 e. The molecule has 0 fully saturated rings. The summed E-state index contributed by atoms with van der Waals surface area (Å²) >= 11 is 0. The van der Waals surface area contributed by atoms with Crippen LogP contribution in [0.25, 0.3) is 101 Å². The first-order chi connectivity index (χ1) is 28.0. The summed E-state index contributed by atoms with van der Waals surface area (Å²) in [5.74, 6) is 3.04. The van der Waals surface area contributed by atoms with Crippen molar-refractivity contribution >= 4 is 56.0 Å². The smallest absolute Gasteiger partial charge is 0.657 e. The third-order valence-electron chi connectivity index (χ3n) is 10.6. The van der Waals surface area contributed by atoms with Gasteiger partial charge in [-0.25, -0.2) is 9.97 Å². The number of hydrogen-bond donors (Lipinski definition) is 1. The number of nitrogens with one attached hydrogen (secondary N) is 1. The third-order valence-corrected chi connectivity index (χ3v) is 10.6. The maximum absolute atomic E-state index is 5.66. The topological polar surface area (TPSA) is 107 Å². The molecule has 0 spiro atoms. The van der Waals surface area contributed by atoms with Crippen LogP contribution in [0, 0.1) is 0 Å². The van der Waals surface area contributed by atoms with E-state index in [-0.39, 0.29) is 16.5 Å². The fourth-order valence-corrected chi connectivity index (χ4v) is 7.81. The summed E-state index contributed by atoms with van der Waals surface area (Å²) in [6.07, 6.45) is 4.12. The van der Waals surface area contributed by atoms with Gasteiger partial charge in [-0.05, 0) is 106 Å². The molecule has 4 aromatic carbocycles. The number of H-pyrrole nitrogens is 1. The number of rotatable bonds is 7. The molecule has 0 atom stereocenters. The Kier molecular flexibility index (Phi) is 9.34. The predicted molar refractivity (Wildman–Crippen MR) is 228 cm³/mol. The van der Waals surface area contributed by atoms with Gasteiger partial charge in [0, 0.05) is 11.5 Å². The van der Waals surface area contributed by atoms with Gasteiger partial charge >= 0.3 is 16.5 Å². The molecule has 10 heteroatoms. The van der Waals surface area contributed by atoms with E-state index >= 15 is 0 Å². The van der Waals surface area contributed by atoms with E-state index in [1.165, 1.54) is 0 Å². The number of aromatic nitrogens is 5. The van der Waals surface area contributed by atoms with Gasteiger partial charge < -0.3 is 33.9 Å². The van der Waals surface area contributed by atoms with Crippen LogP contribution in [0.1, 0.15) is 11.4 Å². The Bertz CT molecular complexity index is 3110. The SMILES string of the molecule is COc1ccc(-c2c3nc(c(-c4ccc(OC)cc4)c4ccc([n-]4)c4c5nc(cc-5[nH]c5cc(OC)ccc54)c(-c4ccc(OC)cc4)c4ccc2[n-]4)C=C3)cc1.[Ni+2]. The number of pyridine rings is 1. The molecule has 1 N–H and O–H groups in total. The van der Waals surface area contributed by atoms with E-state index in [4.69, 9.17) is 38.9 Å². The summed E-state index contributed by atoms with van der Waals surface area (Å²) in [6.45, 7) is 0. The Balaban J connectivity index is 0.00000436. The average Bonchev–Trinajstić information content (AvgIpc) is 4.10. The first-order valence-electron chi connectivity index (χ1n) is 18.5. The van der Waals surface area contributed by atoms with Crippen LogP contribution in [-0.4, -0.2) is 43.4 Å². The maximum Gasteiger partial charge on any atom is 2.00 e. The van der Waals surface area contributed by atoms with Crippen LogP contribution in [0.4, 0.5) is 0 Å². The Labute approximate surface area is 343 Å². The molecule has 0 radical (unpaired) electrons. The Morgan fingerprint density at radius 1 is 0.466 bits per heavy atom. The molecule has 58 heavy (non-hydrogen) atoms. The minimum absolute atomic E-state index is 0. The van der Waals surface area contributed by atoms with E-state index in [0.29, 0.717) is 0 Å². The number of benzene rings is 4. The zero-order valence-corrected chi connectivity index (χ0v) is 32.9. The number of fused-ring (bicyclic) bond motifs is 10. The summed E-state index contributed by atoms with van der Waals surface area (Å²) in [6, 6.07) is 40.5. The Morgan fingerprint density at radius 2 is 0.914 bits per heavy atom. The van der Waals surface area contributed by atoms with Gasteiger partial charge in [-0.2, -0.15) is 0 Å². The molecule has 0 saturated carbocycles. The normalized spacial score (nSPS) is 11.6. The van der Waals surface area contributed by atoms with Crippen LogP contribution < -0.4 is 28.9 Å². The summed E-state index contributed by atoms with van der Waals surface area (Å²) in [5, 5.41) is 1.88. The van der Waals surface area contributed by atoms with Crippen LogP contribution in [0.3, 0.4) is 0 Å². The molecule has 0 unspecified atom stereocenters. The zero-order valence-electron chi connectivity index (χ0n) is 31.9. The number of ether oxygens (including phenoxy) is 4. The van der Waals surface area contributed by atoms with Crippen molar-refractivity contribution in [2.24, 2.45) is 0 Å². The number of nitrogens with zero attached hydrogens (tertiary/aromatic N) is 4. The summed E-state index contributed by atoms with van der Waals surface area (Å²) in [5.41, 5.74) is 13.5. The van der Waals surface area contributed by atoms with Crippen molar-refractivity contribution in [3.05, 3.63) is 133 Å². The van der Waals surface area contributed by atoms with Crippen molar-refractivity contribution in [1.29, 1.82) is 0 Å². The molecule has 7 aromatic rings. The molecule has 0 aliphatic carbocycles. The summed E-state index contributed by atoms with van der Waals surface area (Å²) in [4.78, 5) is 25.2. The maximum atomic E-state index is 5.66. The number of hydrogen-bond acceptors (Lipinski definition) is 6. The molecule has 3 aliphatic rings. The van der Waals surface area contributed by atoms with Crippen LogP contribution in [0.15, 0.2) is 121 Å². The van der Waals surface area contributed by atoms with Gasteiger partial charge in [-0.15, -0.1) is 22.1 Å².